The highest BCUT2D eigenvalue weighted by Gasteiger charge is 2.22. The van der Waals surface area contributed by atoms with Crippen LogP contribution in [0.4, 0.5) is 10.5 Å². The second-order valence-electron chi connectivity index (χ2n) is 8.76. The molecule has 3 aromatic rings. The van der Waals surface area contributed by atoms with Crippen LogP contribution in [-0.4, -0.2) is 75.6 Å². The number of methoxy groups -OCH3 is 3. The smallest absolute Gasteiger partial charge is 0.322 e. The minimum atomic E-state index is -0.339. The van der Waals surface area contributed by atoms with E-state index in [1.54, 1.807) is 50.3 Å². The van der Waals surface area contributed by atoms with Gasteiger partial charge in [-0.15, -0.1) is 11.8 Å². The number of anilines is 1. The molecule has 1 N–H and O–H groups in total. The highest BCUT2D eigenvalue weighted by molar-refractivity contribution is 7.98. The number of thioether (sulfide) groups is 1. The van der Waals surface area contributed by atoms with E-state index >= 15 is 0 Å². The molecule has 1 heterocycles. The first kappa shape index (κ1) is 29.9. The van der Waals surface area contributed by atoms with E-state index in [4.69, 9.17) is 18.6 Å². The Hall–Kier alpha value is -3.63. The third-order valence-corrected chi connectivity index (χ3v) is 6.87. The Morgan fingerprint density at radius 3 is 2.36 bits per heavy atom. The number of hydrogen-bond acceptors (Lipinski definition) is 7. The van der Waals surface area contributed by atoms with E-state index in [9.17, 15) is 9.59 Å². The molecule has 39 heavy (non-hydrogen) atoms. The van der Waals surface area contributed by atoms with Crippen LogP contribution in [0.25, 0.3) is 0 Å². The minimum Gasteiger partial charge on any atom is -0.493 e. The van der Waals surface area contributed by atoms with E-state index in [0.29, 0.717) is 62.0 Å². The first-order chi connectivity index (χ1) is 19.0. The molecule has 3 amide bonds. The monoisotopic (exact) mass is 555 g/mol. The molecular weight excluding hydrogens is 518 g/mol. The SMILES string of the molecule is COCCCN(CC(=O)N(CCc1ccc(OC)c(OC)c1)Cc1ccco1)C(=O)Nc1ccc(SC)cc1. The third kappa shape index (κ3) is 9.26. The van der Waals surface area contributed by atoms with E-state index < -0.39 is 0 Å². The molecule has 0 spiro atoms. The molecule has 0 saturated carbocycles. The zero-order valence-electron chi connectivity index (χ0n) is 23.0. The summed E-state index contributed by atoms with van der Waals surface area (Å²) in [5.41, 5.74) is 1.66. The number of nitrogens with one attached hydrogen (secondary N) is 1. The van der Waals surface area contributed by atoms with Crippen molar-refractivity contribution in [2.75, 3.05) is 59.1 Å². The van der Waals surface area contributed by atoms with Gasteiger partial charge in [0, 0.05) is 37.4 Å². The standard InChI is InChI=1S/C29H37N3O6S/c1-35-17-6-15-32(29(34)30-23-9-11-25(39-4)12-10-23)21-28(33)31(20-24-7-5-18-38-24)16-14-22-8-13-26(36-2)27(19-22)37-3/h5,7-13,18-19H,6,14-17,20-21H2,1-4H3,(H,30,34). The molecule has 10 heteroatoms. The second kappa shape index (κ2) is 15.7. The number of carbonyl (C=O) groups excluding carboxylic acids is 2. The fourth-order valence-electron chi connectivity index (χ4n) is 3.98. The number of furan rings is 1. The molecule has 0 bridgehead atoms. The van der Waals surface area contributed by atoms with Crippen molar-refractivity contribution in [1.82, 2.24) is 9.80 Å². The minimum absolute atomic E-state index is 0.0783. The largest absolute Gasteiger partial charge is 0.493 e. The van der Waals surface area contributed by atoms with E-state index in [2.05, 4.69) is 5.32 Å². The van der Waals surface area contributed by atoms with Gasteiger partial charge in [-0.25, -0.2) is 4.79 Å². The summed E-state index contributed by atoms with van der Waals surface area (Å²) in [6.45, 7) is 1.50. The number of ether oxygens (including phenoxy) is 3. The van der Waals surface area contributed by atoms with Gasteiger partial charge < -0.3 is 33.7 Å². The molecular formula is C29H37N3O6S. The molecule has 0 radical (unpaired) electrons. The van der Waals surface area contributed by atoms with Gasteiger partial charge >= 0.3 is 6.03 Å². The second-order valence-corrected chi connectivity index (χ2v) is 9.64. The van der Waals surface area contributed by atoms with Gasteiger partial charge in [-0.1, -0.05) is 6.07 Å². The molecule has 0 aliphatic heterocycles. The molecule has 2 aromatic carbocycles. The lowest BCUT2D eigenvalue weighted by Gasteiger charge is -2.27. The molecule has 0 saturated heterocycles. The number of rotatable bonds is 15. The summed E-state index contributed by atoms with van der Waals surface area (Å²) in [6, 6.07) is 16.6. The van der Waals surface area contributed by atoms with E-state index in [1.807, 2.05) is 54.8 Å². The van der Waals surface area contributed by atoms with Crippen molar-refractivity contribution in [3.8, 4) is 11.5 Å². The Morgan fingerprint density at radius 2 is 1.72 bits per heavy atom. The maximum absolute atomic E-state index is 13.6. The molecule has 0 unspecified atom stereocenters. The van der Waals surface area contributed by atoms with Crippen molar-refractivity contribution in [3.63, 3.8) is 0 Å². The van der Waals surface area contributed by atoms with Crippen LogP contribution in [0.3, 0.4) is 0 Å². The molecule has 1 aromatic heterocycles. The Balaban J connectivity index is 1.73. The van der Waals surface area contributed by atoms with E-state index in [-0.39, 0.29) is 18.5 Å². The zero-order valence-corrected chi connectivity index (χ0v) is 23.8. The highest BCUT2D eigenvalue weighted by atomic mass is 32.2. The Bertz CT molecular complexity index is 1170. The van der Waals surface area contributed by atoms with Crippen LogP contribution in [0.1, 0.15) is 17.7 Å². The molecule has 0 fully saturated rings. The van der Waals surface area contributed by atoms with Crippen LogP contribution in [-0.2, 0) is 22.5 Å². The molecule has 3 rings (SSSR count). The van der Waals surface area contributed by atoms with Crippen molar-refractivity contribution >= 4 is 29.4 Å². The Morgan fingerprint density at radius 1 is 0.949 bits per heavy atom. The lowest BCUT2D eigenvalue weighted by molar-refractivity contribution is -0.132. The molecule has 210 valence electrons. The summed E-state index contributed by atoms with van der Waals surface area (Å²) in [5.74, 6) is 1.76. The fraction of sp³-hybridized carbons (Fsp3) is 0.379. The summed E-state index contributed by atoms with van der Waals surface area (Å²) in [5, 5.41) is 2.91. The van der Waals surface area contributed by atoms with Crippen molar-refractivity contribution < 1.29 is 28.2 Å². The summed E-state index contributed by atoms with van der Waals surface area (Å²) >= 11 is 1.63. The Labute approximate surface area is 234 Å². The summed E-state index contributed by atoms with van der Waals surface area (Å²) < 4.78 is 21.4. The molecule has 0 aliphatic rings. The van der Waals surface area contributed by atoms with Gasteiger partial charge in [0.25, 0.3) is 0 Å². The highest BCUT2D eigenvalue weighted by Crippen LogP contribution is 2.28. The van der Waals surface area contributed by atoms with Crippen molar-refractivity contribution in [3.05, 3.63) is 72.2 Å². The number of benzene rings is 2. The zero-order chi connectivity index (χ0) is 28.0. The summed E-state index contributed by atoms with van der Waals surface area (Å²) in [4.78, 5) is 31.1. The number of urea groups is 1. The van der Waals surface area contributed by atoms with Gasteiger partial charge in [-0.05, 0) is 73.2 Å². The maximum atomic E-state index is 13.6. The predicted molar refractivity (Wildman–Crippen MR) is 153 cm³/mol. The van der Waals surface area contributed by atoms with Gasteiger partial charge in [0.2, 0.25) is 5.91 Å². The average Bonchev–Trinajstić information content (AvgIpc) is 3.48. The molecule has 9 nitrogen and oxygen atoms in total. The first-order valence-corrected chi connectivity index (χ1v) is 13.9. The number of carbonyl (C=O) groups is 2. The van der Waals surface area contributed by atoms with Gasteiger partial charge in [0.05, 0.1) is 27.0 Å². The quantitative estimate of drug-likeness (QED) is 0.205. The lowest BCUT2D eigenvalue weighted by atomic mass is 10.1. The molecule has 0 aliphatic carbocycles. The molecule has 0 atom stereocenters. The van der Waals surface area contributed by atoms with Crippen LogP contribution in [0.15, 0.2) is 70.2 Å². The van der Waals surface area contributed by atoms with Crippen LogP contribution in [0, 0.1) is 0 Å². The van der Waals surface area contributed by atoms with E-state index in [0.717, 1.165) is 10.5 Å². The number of nitrogens with zero attached hydrogens (tertiary/aromatic N) is 2. The van der Waals surface area contributed by atoms with Gasteiger partial charge in [0.15, 0.2) is 11.5 Å². The Kier molecular flexibility index (Phi) is 12.0. The fourth-order valence-corrected chi connectivity index (χ4v) is 4.38. The van der Waals surface area contributed by atoms with Gasteiger partial charge in [0.1, 0.15) is 12.3 Å². The normalized spacial score (nSPS) is 10.7. The van der Waals surface area contributed by atoms with Gasteiger partial charge in [-0.3, -0.25) is 4.79 Å². The van der Waals surface area contributed by atoms with Crippen LogP contribution < -0.4 is 14.8 Å². The average molecular weight is 556 g/mol. The van der Waals surface area contributed by atoms with Crippen molar-refractivity contribution in [2.24, 2.45) is 0 Å². The van der Waals surface area contributed by atoms with Crippen molar-refractivity contribution in [1.29, 1.82) is 0 Å². The van der Waals surface area contributed by atoms with Crippen LogP contribution >= 0.6 is 11.8 Å². The predicted octanol–water partition coefficient (Wildman–Crippen LogP) is 5.16. The van der Waals surface area contributed by atoms with Crippen LogP contribution in [0.2, 0.25) is 0 Å². The lowest BCUT2D eigenvalue weighted by Crippen LogP contribution is -2.45. The summed E-state index contributed by atoms with van der Waals surface area (Å²) in [6.07, 6.45) is 4.77. The number of amides is 3. The third-order valence-electron chi connectivity index (χ3n) is 6.13. The maximum Gasteiger partial charge on any atom is 0.322 e. The number of hydrogen-bond donors (Lipinski definition) is 1. The summed E-state index contributed by atoms with van der Waals surface area (Å²) in [7, 11) is 4.80. The van der Waals surface area contributed by atoms with E-state index in [1.165, 1.54) is 4.90 Å². The van der Waals surface area contributed by atoms with Gasteiger partial charge in [-0.2, -0.15) is 0 Å². The van der Waals surface area contributed by atoms with Crippen LogP contribution in [0.5, 0.6) is 11.5 Å². The first-order valence-electron chi connectivity index (χ1n) is 12.7. The topological polar surface area (TPSA) is 93.5 Å². The van der Waals surface area contributed by atoms with Crippen molar-refractivity contribution in [2.45, 2.75) is 24.3 Å².